The molecule has 0 saturated heterocycles. The number of hydrogen-bond acceptors (Lipinski definition) is 7. The number of allylic oxidation sites excluding steroid dienone is 14. The van der Waals surface area contributed by atoms with E-state index in [0.29, 0.717) is 17.4 Å². The summed E-state index contributed by atoms with van der Waals surface area (Å²) in [7, 11) is 1.46. The van der Waals surface area contributed by atoms with Gasteiger partial charge in [0.15, 0.2) is 6.10 Å². The van der Waals surface area contributed by atoms with Crippen LogP contribution in [0.1, 0.15) is 213 Å². The van der Waals surface area contributed by atoms with Gasteiger partial charge in [0.1, 0.15) is 19.8 Å². The maximum atomic E-state index is 12.8. The van der Waals surface area contributed by atoms with Gasteiger partial charge in [0.2, 0.25) is 0 Å². The van der Waals surface area contributed by atoms with Crippen molar-refractivity contribution < 1.29 is 42.1 Å². The van der Waals surface area contributed by atoms with E-state index in [-0.39, 0.29) is 32.0 Å². The molecule has 9 nitrogen and oxygen atoms in total. The first-order chi connectivity index (χ1) is 32.5. The number of carbonyl (C=O) groups excluding carboxylic acids is 2. The minimum atomic E-state index is -4.39. The van der Waals surface area contributed by atoms with Gasteiger partial charge in [-0.2, -0.15) is 0 Å². The van der Waals surface area contributed by atoms with Crippen LogP contribution in [0.4, 0.5) is 0 Å². The van der Waals surface area contributed by atoms with Crippen molar-refractivity contribution in [2.24, 2.45) is 0 Å². The van der Waals surface area contributed by atoms with Crippen LogP contribution in [0.5, 0.6) is 0 Å². The lowest BCUT2D eigenvalue weighted by atomic mass is 10.0. The Kier molecular flexibility index (Phi) is 46.2. The van der Waals surface area contributed by atoms with Gasteiger partial charge in [-0.15, -0.1) is 0 Å². The number of rotatable bonds is 48. The van der Waals surface area contributed by atoms with Crippen LogP contribution in [-0.4, -0.2) is 74.9 Å². The number of phosphoric acid groups is 1. The normalized spacial score (nSPS) is 14.1. The maximum absolute atomic E-state index is 12.8. The topological polar surface area (TPSA) is 108 Å². The van der Waals surface area contributed by atoms with Gasteiger partial charge in [-0.25, -0.2) is 4.57 Å². The molecule has 0 aliphatic heterocycles. The third-order valence-corrected chi connectivity index (χ3v) is 12.1. The minimum Gasteiger partial charge on any atom is -0.462 e. The molecule has 0 aromatic carbocycles. The monoisotopic (exact) mass is 959 g/mol. The highest BCUT2D eigenvalue weighted by Crippen LogP contribution is 2.43. The lowest BCUT2D eigenvalue weighted by molar-refractivity contribution is -0.870. The predicted octanol–water partition coefficient (Wildman–Crippen LogP) is 16.3. The van der Waals surface area contributed by atoms with Crippen LogP contribution in [0.15, 0.2) is 85.1 Å². The van der Waals surface area contributed by atoms with Crippen molar-refractivity contribution in [3.8, 4) is 0 Å². The van der Waals surface area contributed by atoms with Crippen LogP contribution in [0.2, 0.25) is 0 Å². The zero-order chi connectivity index (χ0) is 49.2. The predicted molar refractivity (Wildman–Crippen MR) is 284 cm³/mol. The van der Waals surface area contributed by atoms with Crippen molar-refractivity contribution in [1.29, 1.82) is 0 Å². The van der Waals surface area contributed by atoms with Crippen molar-refractivity contribution in [2.45, 2.75) is 219 Å². The second-order valence-corrected chi connectivity index (χ2v) is 20.3. The van der Waals surface area contributed by atoms with E-state index in [1.807, 2.05) is 21.1 Å². The van der Waals surface area contributed by atoms with Gasteiger partial charge in [-0.1, -0.05) is 195 Å². The molecule has 0 aromatic heterocycles. The number of phosphoric ester groups is 1. The summed E-state index contributed by atoms with van der Waals surface area (Å²) in [4.78, 5) is 35.6. The molecule has 0 aliphatic carbocycles. The SMILES string of the molecule is CC/C=C\C/C=C\C/C=C\C/C=C\C/C=C\C/C=C\CCCCCCCCCCCCC(=O)OC(COC(=O)CCCCCCC/C=C\CCCCCCC)COP(=O)(O)OCC[N+](C)(C)C. The Morgan fingerprint density at radius 1 is 0.478 bits per heavy atom. The summed E-state index contributed by atoms with van der Waals surface area (Å²) in [6, 6.07) is 0. The van der Waals surface area contributed by atoms with E-state index in [4.69, 9.17) is 18.5 Å². The van der Waals surface area contributed by atoms with Crippen LogP contribution in [0, 0.1) is 0 Å². The van der Waals surface area contributed by atoms with E-state index in [1.54, 1.807) is 0 Å². The van der Waals surface area contributed by atoms with Crippen LogP contribution in [-0.2, 0) is 32.7 Å². The first-order valence-corrected chi connectivity index (χ1v) is 28.3. The Morgan fingerprint density at radius 2 is 0.851 bits per heavy atom. The van der Waals surface area contributed by atoms with Gasteiger partial charge >= 0.3 is 19.8 Å². The molecule has 0 rings (SSSR count). The summed E-state index contributed by atoms with van der Waals surface area (Å²) in [6.45, 7) is 4.29. The quantitative estimate of drug-likeness (QED) is 0.0211. The van der Waals surface area contributed by atoms with Gasteiger partial charge in [0.25, 0.3) is 0 Å². The molecule has 2 atom stereocenters. The van der Waals surface area contributed by atoms with Crippen LogP contribution in [0.25, 0.3) is 0 Å². The molecule has 2 unspecified atom stereocenters. The number of hydrogen-bond donors (Lipinski definition) is 1. The van der Waals surface area contributed by atoms with Gasteiger partial charge in [-0.3, -0.25) is 18.6 Å². The molecule has 0 radical (unpaired) electrons. The number of esters is 2. The first kappa shape index (κ1) is 64.2. The molecule has 0 saturated carbocycles. The molecule has 10 heteroatoms. The second-order valence-electron chi connectivity index (χ2n) is 18.9. The Balaban J connectivity index is 4.20. The summed E-state index contributed by atoms with van der Waals surface area (Å²) in [6.07, 6.45) is 63.5. The summed E-state index contributed by atoms with van der Waals surface area (Å²) in [5, 5.41) is 0. The molecular weight excluding hydrogens is 858 g/mol. The lowest BCUT2D eigenvalue weighted by Crippen LogP contribution is -2.37. The summed E-state index contributed by atoms with van der Waals surface area (Å²) < 4.78 is 34.5. The van der Waals surface area contributed by atoms with E-state index in [2.05, 4.69) is 98.9 Å². The molecule has 0 heterocycles. The van der Waals surface area contributed by atoms with Crippen molar-refractivity contribution >= 4 is 19.8 Å². The maximum Gasteiger partial charge on any atom is 0.472 e. The number of carbonyl (C=O) groups is 2. The standard InChI is InChI=1S/C57H100NO8P/c1-6-8-10-12-14-16-18-20-22-23-24-25-26-27-28-29-30-31-32-33-34-35-36-38-40-42-44-46-48-50-57(60)66-55(54-65-67(61,62)64-52-51-58(3,4)5)53-63-56(59)49-47-45-43-41-39-37-21-19-17-15-13-11-9-7-2/h8,10,14,16,19-22,24-25,27-28,30-31,55H,6-7,9,11-13,15,17-18,23,26,29,32-54H2,1-5H3/p+1/b10-8-,16-14-,21-19-,22-20-,25-24-,28-27-,31-30-. The number of likely N-dealkylation sites (N-methyl/N-ethyl adjacent to an activating group) is 1. The molecule has 1 N–H and O–H groups in total. The van der Waals surface area contributed by atoms with E-state index < -0.39 is 26.5 Å². The third-order valence-electron chi connectivity index (χ3n) is 11.2. The van der Waals surface area contributed by atoms with Crippen molar-refractivity contribution in [2.75, 3.05) is 47.5 Å². The van der Waals surface area contributed by atoms with Crippen molar-refractivity contribution in [1.82, 2.24) is 0 Å². The number of quaternary nitrogens is 1. The molecule has 0 aromatic rings. The zero-order valence-corrected chi connectivity index (χ0v) is 44.5. The molecule has 0 amide bonds. The highest BCUT2D eigenvalue weighted by molar-refractivity contribution is 7.47. The molecule has 0 spiro atoms. The average Bonchev–Trinajstić information content (AvgIpc) is 3.29. The number of ether oxygens (including phenoxy) is 2. The summed E-state index contributed by atoms with van der Waals surface area (Å²) in [5.74, 6) is -0.815. The largest absolute Gasteiger partial charge is 0.472 e. The smallest absolute Gasteiger partial charge is 0.462 e. The van der Waals surface area contributed by atoms with E-state index >= 15 is 0 Å². The lowest BCUT2D eigenvalue weighted by Gasteiger charge is -2.24. The van der Waals surface area contributed by atoms with Crippen molar-refractivity contribution in [3.63, 3.8) is 0 Å². The Morgan fingerprint density at radius 3 is 1.28 bits per heavy atom. The molecule has 386 valence electrons. The van der Waals surface area contributed by atoms with Crippen LogP contribution < -0.4 is 0 Å². The van der Waals surface area contributed by atoms with Gasteiger partial charge < -0.3 is 18.9 Å². The van der Waals surface area contributed by atoms with Crippen LogP contribution in [0.3, 0.4) is 0 Å². The zero-order valence-electron chi connectivity index (χ0n) is 43.6. The Hall–Kier alpha value is -2.81. The van der Waals surface area contributed by atoms with Gasteiger partial charge in [0.05, 0.1) is 27.7 Å². The number of nitrogens with zero attached hydrogens (tertiary/aromatic N) is 1. The highest BCUT2D eigenvalue weighted by atomic mass is 31.2. The summed E-state index contributed by atoms with van der Waals surface area (Å²) >= 11 is 0. The fourth-order valence-corrected chi connectivity index (χ4v) is 7.75. The second kappa shape index (κ2) is 48.2. The average molecular weight is 959 g/mol. The molecule has 0 aliphatic rings. The Labute approximate surface area is 411 Å². The number of unbranched alkanes of at least 4 members (excludes halogenated alkanes) is 20. The van der Waals surface area contributed by atoms with Gasteiger partial charge in [0, 0.05) is 12.8 Å². The van der Waals surface area contributed by atoms with E-state index in [9.17, 15) is 19.0 Å². The third kappa shape index (κ3) is 52.4. The molecule has 0 bridgehead atoms. The van der Waals surface area contributed by atoms with Crippen molar-refractivity contribution in [3.05, 3.63) is 85.1 Å². The van der Waals surface area contributed by atoms with E-state index in [1.165, 1.54) is 77.0 Å². The van der Waals surface area contributed by atoms with E-state index in [0.717, 1.165) is 103 Å². The minimum absolute atomic E-state index is 0.0261. The first-order valence-electron chi connectivity index (χ1n) is 26.8. The summed E-state index contributed by atoms with van der Waals surface area (Å²) in [5.41, 5.74) is 0. The van der Waals surface area contributed by atoms with Gasteiger partial charge in [-0.05, 0) is 89.9 Å². The fraction of sp³-hybridized carbons (Fsp3) is 0.719. The van der Waals surface area contributed by atoms with Crippen LogP contribution >= 0.6 is 7.82 Å². The molecular formula is C57H101NO8P+. The fourth-order valence-electron chi connectivity index (χ4n) is 7.01. The Bertz CT molecular complexity index is 1410. The highest BCUT2D eigenvalue weighted by Gasteiger charge is 2.27. The molecule has 67 heavy (non-hydrogen) atoms. The molecule has 0 fully saturated rings.